The molecule has 1 aromatic carbocycles. The standard InChI is InChI=1S/C21H21FO5.C2H6/c1-11-15(6-12-7-18(26-2)21(25)19(8-12)27-3)14-5-4-13(22)9-17(14)16(11)10-20(23)24;1-2/h4-8,17,25H,9-10H2,1-3H3,(H,23,24);1-2H3/b15-6-;. The molecule has 0 saturated heterocycles. The lowest BCUT2D eigenvalue weighted by atomic mass is 9.86. The van der Waals surface area contributed by atoms with Crippen molar-refractivity contribution in [3.05, 3.63) is 58.0 Å². The molecule has 0 heterocycles. The minimum Gasteiger partial charge on any atom is -0.502 e. The summed E-state index contributed by atoms with van der Waals surface area (Å²) in [7, 11) is 2.90. The van der Waals surface area contributed by atoms with Gasteiger partial charge in [0.15, 0.2) is 11.5 Å². The molecule has 29 heavy (non-hydrogen) atoms. The first-order valence-electron chi connectivity index (χ1n) is 9.50. The SMILES string of the molecule is CC.COc1cc(/C=C2\C3=CC=C(F)CC3C(CC(=O)O)=C2C)cc(OC)c1O. The Balaban J connectivity index is 0.00000145. The molecule has 0 bridgehead atoms. The van der Waals surface area contributed by atoms with E-state index in [9.17, 15) is 19.4 Å². The molecule has 2 aliphatic carbocycles. The molecule has 0 fully saturated rings. The van der Waals surface area contributed by atoms with Crippen molar-refractivity contribution >= 4 is 12.0 Å². The van der Waals surface area contributed by atoms with Gasteiger partial charge in [-0.3, -0.25) is 4.79 Å². The Kier molecular flexibility index (Phi) is 7.26. The highest BCUT2D eigenvalue weighted by Crippen LogP contribution is 2.48. The first-order chi connectivity index (χ1) is 13.8. The molecule has 0 aliphatic heterocycles. The fraction of sp³-hybridized carbons (Fsp3) is 0.348. The van der Waals surface area contributed by atoms with Crippen LogP contribution in [0.25, 0.3) is 6.08 Å². The van der Waals surface area contributed by atoms with Crippen LogP contribution in [0.2, 0.25) is 0 Å². The number of halogens is 1. The van der Waals surface area contributed by atoms with Crippen molar-refractivity contribution in [2.24, 2.45) is 5.92 Å². The number of aliphatic carboxylic acids is 1. The number of methoxy groups -OCH3 is 2. The predicted octanol–water partition coefficient (Wildman–Crippen LogP) is 5.42. The van der Waals surface area contributed by atoms with Gasteiger partial charge in [0, 0.05) is 12.3 Å². The smallest absolute Gasteiger partial charge is 0.307 e. The molecule has 0 aromatic heterocycles. The largest absolute Gasteiger partial charge is 0.502 e. The van der Waals surface area contributed by atoms with Gasteiger partial charge >= 0.3 is 5.97 Å². The maximum atomic E-state index is 13.8. The van der Waals surface area contributed by atoms with Crippen molar-refractivity contribution in [1.29, 1.82) is 0 Å². The molecule has 1 aromatic rings. The lowest BCUT2D eigenvalue weighted by molar-refractivity contribution is -0.136. The highest BCUT2D eigenvalue weighted by molar-refractivity contribution is 5.78. The second-order valence-electron chi connectivity index (χ2n) is 6.55. The average molecular weight is 402 g/mol. The topological polar surface area (TPSA) is 76.0 Å². The fourth-order valence-electron chi connectivity index (χ4n) is 3.68. The van der Waals surface area contributed by atoms with Crippen molar-refractivity contribution in [2.75, 3.05) is 14.2 Å². The predicted molar refractivity (Wildman–Crippen MR) is 111 cm³/mol. The molecule has 2 N–H and O–H groups in total. The van der Waals surface area contributed by atoms with E-state index in [4.69, 9.17) is 9.47 Å². The number of carbonyl (C=O) groups is 1. The monoisotopic (exact) mass is 402 g/mol. The summed E-state index contributed by atoms with van der Waals surface area (Å²) in [5.74, 6) is -1.01. The molecular weight excluding hydrogens is 375 g/mol. The van der Waals surface area contributed by atoms with E-state index in [0.29, 0.717) is 0 Å². The Morgan fingerprint density at radius 3 is 2.31 bits per heavy atom. The Labute approximate surface area is 170 Å². The first-order valence-corrected chi connectivity index (χ1v) is 9.50. The normalized spacial score (nSPS) is 19.1. The van der Waals surface area contributed by atoms with Crippen LogP contribution in [0.4, 0.5) is 4.39 Å². The van der Waals surface area contributed by atoms with Crippen molar-refractivity contribution in [2.45, 2.75) is 33.6 Å². The zero-order chi connectivity index (χ0) is 21.7. The quantitative estimate of drug-likeness (QED) is 0.687. The van der Waals surface area contributed by atoms with Crippen LogP contribution in [-0.4, -0.2) is 30.4 Å². The Morgan fingerprint density at radius 1 is 1.21 bits per heavy atom. The van der Waals surface area contributed by atoms with Crippen molar-refractivity contribution < 1.29 is 28.9 Å². The maximum Gasteiger partial charge on any atom is 0.307 e. The number of hydrogen-bond donors (Lipinski definition) is 2. The fourth-order valence-corrected chi connectivity index (χ4v) is 3.68. The van der Waals surface area contributed by atoms with Crippen LogP contribution in [0.3, 0.4) is 0 Å². The van der Waals surface area contributed by atoms with E-state index >= 15 is 0 Å². The molecule has 1 unspecified atom stereocenters. The summed E-state index contributed by atoms with van der Waals surface area (Å²) < 4.78 is 24.2. The summed E-state index contributed by atoms with van der Waals surface area (Å²) in [5, 5.41) is 19.3. The van der Waals surface area contributed by atoms with Crippen LogP contribution in [0.5, 0.6) is 17.2 Å². The number of fused-ring (bicyclic) bond motifs is 1. The first kappa shape index (κ1) is 22.3. The summed E-state index contributed by atoms with van der Waals surface area (Å²) in [6, 6.07) is 3.34. The van der Waals surface area contributed by atoms with E-state index < -0.39 is 5.97 Å². The maximum absolute atomic E-state index is 13.8. The number of carboxylic acids is 1. The molecule has 0 saturated carbocycles. The second kappa shape index (κ2) is 9.45. The van der Waals surface area contributed by atoms with Crippen molar-refractivity contribution in [1.82, 2.24) is 0 Å². The number of rotatable bonds is 5. The van der Waals surface area contributed by atoms with Gasteiger partial charge in [-0.05, 0) is 59.1 Å². The minimum atomic E-state index is -0.937. The average Bonchev–Trinajstić information content (AvgIpc) is 2.95. The summed E-state index contributed by atoms with van der Waals surface area (Å²) in [6.45, 7) is 5.86. The van der Waals surface area contributed by atoms with Gasteiger partial charge in [-0.2, -0.15) is 0 Å². The van der Waals surface area contributed by atoms with Gasteiger partial charge in [0.2, 0.25) is 5.75 Å². The van der Waals surface area contributed by atoms with E-state index in [0.717, 1.165) is 27.9 Å². The highest BCUT2D eigenvalue weighted by atomic mass is 19.1. The third kappa shape index (κ3) is 4.53. The molecule has 0 amide bonds. The third-order valence-corrected chi connectivity index (χ3v) is 4.99. The third-order valence-electron chi connectivity index (χ3n) is 4.99. The summed E-state index contributed by atoms with van der Waals surface area (Å²) in [6.07, 6.45) is 5.06. The highest BCUT2D eigenvalue weighted by Gasteiger charge is 2.35. The molecule has 6 heteroatoms. The summed E-state index contributed by atoms with van der Waals surface area (Å²) in [4.78, 5) is 11.3. The van der Waals surface area contributed by atoms with Crippen LogP contribution in [0, 0.1) is 5.92 Å². The number of hydrogen-bond acceptors (Lipinski definition) is 4. The van der Waals surface area contributed by atoms with Gasteiger partial charge in [-0.1, -0.05) is 19.9 Å². The number of phenols is 1. The van der Waals surface area contributed by atoms with Crippen molar-refractivity contribution in [3.8, 4) is 17.2 Å². The zero-order valence-corrected chi connectivity index (χ0v) is 17.4. The number of phenolic OH excluding ortho intramolecular Hbond substituents is 1. The number of benzene rings is 1. The van der Waals surface area contributed by atoms with Crippen molar-refractivity contribution in [3.63, 3.8) is 0 Å². The van der Waals surface area contributed by atoms with Crippen LogP contribution in [0.15, 0.2) is 52.4 Å². The molecule has 156 valence electrons. The molecule has 0 radical (unpaired) electrons. The minimum absolute atomic E-state index is 0.0906. The molecule has 0 spiro atoms. The number of allylic oxidation sites excluding steroid dienone is 6. The molecular formula is C23H27FO5. The van der Waals surface area contributed by atoms with E-state index in [-0.39, 0.29) is 41.8 Å². The van der Waals surface area contributed by atoms with Gasteiger partial charge < -0.3 is 19.7 Å². The van der Waals surface area contributed by atoms with Gasteiger partial charge in [0.05, 0.1) is 20.6 Å². The Morgan fingerprint density at radius 2 is 1.79 bits per heavy atom. The van der Waals surface area contributed by atoms with E-state index in [1.807, 2.05) is 26.8 Å². The van der Waals surface area contributed by atoms with Gasteiger partial charge in [-0.25, -0.2) is 4.39 Å². The number of aromatic hydroxyl groups is 1. The van der Waals surface area contributed by atoms with Gasteiger partial charge in [-0.15, -0.1) is 0 Å². The van der Waals surface area contributed by atoms with E-state index in [1.54, 1.807) is 18.2 Å². The lowest BCUT2D eigenvalue weighted by Gasteiger charge is -2.18. The second-order valence-corrected chi connectivity index (χ2v) is 6.55. The van der Waals surface area contributed by atoms with Crippen LogP contribution in [0.1, 0.15) is 39.2 Å². The Hall–Kier alpha value is -3.02. The zero-order valence-electron chi connectivity index (χ0n) is 17.4. The van der Waals surface area contributed by atoms with E-state index in [1.165, 1.54) is 20.3 Å². The number of ether oxygens (including phenoxy) is 2. The number of carboxylic acid groups (broad SMARTS) is 1. The van der Waals surface area contributed by atoms with E-state index in [2.05, 4.69) is 0 Å². The summed E-state index contributed by atoms with van der Waals surface area (Å²) >= 11 is 0. The van der Waals surface area contributed by atoms with Crippen LogP contribution >= 0.6 is 0 Å². The molecule has 1 atom stereocenters. The molecule has 3 rings (SSSR count). The van der Waals surface area contributed by atoms with Gasteiger partial charge in [0.25, 0.3) is 0 Å². The van der Waals surface area contributed by atoms with Crippen LogP contribution < -0.4 is 9.47 Å². The molecule has 2 aliphatic rings. The lowest BCUT2D eigenvalue weighted by Crippen LogP contribution is -2.09. The Bertz CT molecular complexity index is 896. The van der Waals surface area contributed by atoms with Gasteiger partial charge in [0.1, 0.15) is 5.83 Å². The van der Waals surface area contributed by atoms with Crippen LogP contribution in [-0.2, 0) is 4.79 Å². The molecule has 5 nitrogen and oxygen atoms in total. The summed E-state index contributed by atoms with van der Waals surface area (Å²) in [5.41, 5.74) is 4.04.